The van der Waals surface area contributed by atoms with Gasteiger partial charge in [-0.1, -0.05) is 18.2 Å². The lowest BCUT2D eigenvalue weighted by Crippen LogP contribution is -2.01. The number of para-hydroxylation sites is 1. The van der Waals surface area contributed by atoms with Gasteiger partial charge in [0.1, 0.15) is 22.7 Å². The first kappa shape index (κ1) is 18.8. The first-order valence-corrected chi connectivity index (χ1v) is 9.54. The molecule has 3 aromatic carbocycles. The number of carbonyl (C=O) groups excluding carboxylic acids is 1. The normalized spacial score (nSPS) is 11.2. The molecule has 5 aromatic rings. The van der Waals surface area contributed by atoms with Gasteiger partial charge in [0, 0.05) is 23.8 Å². The number of hydrogen-bond donors (Lipinski definition) is 1. The SMILES string of the molecule is COc1cc2c(cc1Nc1nn(-c3ccc(F)cc3)nc1C(C)=O)oc1ccccc12. The van der Waals surface area contributed by atoms with Crippen molar-refractivity contribution in [2.75, 3.05) is 12.4 Å². The summed E-state index contributed by atoms with van der Waals surface area (Å²) < 4.78 is 24.8. The molecule has 8 heteroatoms. The minimum atomic E-state index is -0.370. The van der Waals surface area contributed by atoms with Crippen LogP contribution in [0.25, 0.3) is 27.6 Å². The first-order chi connectivity index (χ1) is 15.0. The predicted octanol–water partition coefficient (Wildman–Crippen LogP) is 5.26. The molecule has 0 fully saturated rings. The van der Waals surface area contributed by atoms with Crippen LogP contribution in [0.1, 0.15) is 17.4 Å². The molecule has 0 radical (unpaired) electrons. The maximum absolute atomic E-state index is 13.3. The molecule has 0 aliphatic heterocycles. The first-order valence-electron chi connectivity index (χ1n) is 9.54. The maximum atomic E-state index is 13.3. The molecule has 2 heterocycles. The highest BCUT2D eigenvalue weighted by molar-refractivity contribution is 6.07. The van der Waals surface area contributed by atoms with Crippen LogP contribution in [0.4, 0.5) is 15.9 Å². The summed E-state index contributed by atoms with van der Waals surface area (Å²) in [6.07, 6.45) is 0. The molecule has 0 saturated heterocycles. The third kappa shape index (κ3) is 3.28. The van der Waals surface area contributed by atoms with Crippen molar-refractivity contribution in [3.05, 3.63) is 72.2 Å². The van der Waals surface area contributed by atoms with Crippen LogP contribution in [-0.4, -0.2) is 27.9 Å². The van der Waals surface area contributed by atoms with Crippen molar-refractivity contribution in [1.82, 2.24) is 15.0 Å². The van der Waals surface area contributed by atoms with Crippen molar-refractivity contribution >= 4 is 39.2 Å². The molecule has 0 aliphatic carbocycles. The Kier molecular flexibility index (Phi) is 4.39. The summed E-state index contributed by atoms with van der Waals surface area (Å²) in [5.41, 5.74) is 2.68. The topological polar surface area (TPSA) is 82.2 Å². The molecule has 0 aliphatic rings. The molecule has 0 spiro atoms. The Hall–Kier alpha value is -4.20. The number of carbonyl (C=O) groups is 1. The molecule has 7 nitrogen and oxygen atoms in total. The van der Waals surface area contributed by atoms with Crippen molar-refractivity contribution in [3.8, 4) is 11.4 Å². The fourth-order valence-corrected chi connectivity index (χ4v) is 3.46. The number of anilines is 2. The zero-order chi connectivity index (χ0) is 21.5. The number of benzene rings is 3. The number of Topliss-reactive ketones (excluding diaryl/α,β-unsaturated/α-hetero) is 1. The van der Waals surface area contributed by atoms with Gasteiger partial charge in [0.15, 0.2) is 17.3 Å². The van der Waals surface area contributed by atoms with Crippen molar-refractivity contribution < 1.29 is 18.3 Å². The van der Waals surface area contributed by atoms with Crippen LogP contribution in [0.2, 0.25) is 0 Å². The molecule has 1 N–H and O–H groups in total. The Morgan fingerprint density at radius 2 is 1.81 bits per heavy atom. The summed E-state index contributed by atoms with van der Waals surface area (Å²) in [4.78, 5) is 13.5. The van der Waals surface area contributed by atoms with E-state index in [1.165, 1.54) is 36.0 Å². The predicted molar refractivity (Wildman–Crippen MR) is 115 cm³/mol. The second-order valence-corrected chi connectivity index (χ2v) is 6.99. The number of hydrogen-bond acceptors (Lipinski definition) is 6. The Morgan fingerprint density at radius 3 is 2.55 bits per heavy atom. The minimum Gasteiger partial charge on any atom is -0.495 e. The van der Waals surface area contributed by atoms with E-state index in [4.69, 9.17) is 9.15 Å². The van der Waals surface area contributed by atoms with E-state index in [-0.39, 0.29) is 23.1 Å². The molecule has 5 rings (SSSR count). The number of aromatic nitrogens is 3. The number of ether oxygens (including phenoxy) is 1. The van der Waals surface area contributed by atoms with E-state index in [1.54, 1.807) is 13.2 Å². The molecule has 0 saturated carbocycles. The van der Waals surface area contributed by atoms with Crippen molar-refractivity contribution in [3.63, 3.8) is 0 Å². The Bertz CT molecular complexity index is 1440. The smallest absolute Gasteiger partial charge is 0.184 e. The van der Waals surface area contributed by atoms with Crippen molar-refractivity contribution in [1.29, 1.82) is 0 Å². The minimum absolute atomic E-state index is 0.149. The number of nitrogens with one attached hydrogen (secondary N) is 1. The number of ketones is 1. The van der Waals surface area contributed by atoms with Crippen LogP contribution in [0.5, 0.6) is 5.75 Å². The van der Waals surface area contributed by atoms with Gasteiger partial charge in [0.05, 0.1) is 18.5 Å². The largest absolute Gasteiger partial charge is 0.495 e. The quantitative estimate of drug-likeness (QED) is 0.394. The summed E-state index contributed by atoms with van der Waals surface area (Å²) in [6.45, 7) is 1.41. The molecule has 0 atom stereocenters. The highest BCUT2D eigenvalue weighted by Gasteiger charge is 2.19. The van der Waals surface area contributed by atoms with E-state index in [0.29, 0.717) is 22.7 Å². The monoisotopic (exact) mass is 416 g/mol. The zero-order valence-corrected chi connectivity index (χ0v) is 16.7. The van der Waals surface area contributed by atoms with Gasteiger partial charge < -0.3 is 14.5 Å². The Morgan fingerprint density at radius 1 is 1.03 bits per heavy atom. The molecule has 0 amide bonds. The van der Waals surface area contributed by atoms with Gasteiger partial charge in [0.25, 0.3) is 0 Å². The highest BCUT2D eigenvalue weighted by Crippen LogP contribution is 2.37. The van der Waals surface area contributed by atoms with Crippen LogP contribution in [0.3, 0.4) is 0 Å². The summed E-state index contributed by atoms with van der Waals surface area (Å²) in [6, 6.07) is 17.1. The lowest BCUT2D eigenvalue weighted by atomic mass is 10.1. The molecule has 2 aromatic heterocycles. The van der Waals surface area contributed by atoms with E-state index >= 15 is 0 Å². The van der Waals surface area contributed by atoms with Gasteiger partial charge in [-0.25, -0.2) is 4.39 Å². The van der Waals surface area contributed by atoms with E-state index in [0.717, 1.165) is 16.4 Å². The van der Waals surface area contributed by atoms with Gasteiger partial charge >= 0.3 is 0 Å². The van der Waals surface area contributed by atoms with Gasteiger partial charge in [0.2, 0.25) is 0 Å². The fourth-order valence-electron chi connectivity index (χ4n) is 3.46. The summed E-state index contributed by atoms with van der Waals surface area (Å²) in [5, 5.41) is 13.7. The summed E-state index contributed by atoms with van der Waals surface area (Å²) in [5.74, 6) is 0.181. The Labute approximate surface area is 176 Å². The van der Waals surface area contributed by atoms with E-state index < -0.39 is 0 Å². The number of fused-ring (bicyclic) bond motifs is 3. The van der Waals surface area contributed by atoms with Crippen molar-refractivity contribution in [2.45, 2.75) is 6.92 Å². The highest BCUT2D eigenvalue weighted by atomic mass is 19.1. The van der Waals surface area contributed by atoms with Gasteiger partial charge in [-0.2, -0.15) is 0 Å². The molecule has 154 valence electrons. The number of furan rings is 1. The number of nitrogens with zero attached hydrogens (tertiary/aromatic N) is 3. The van der Waals surface area contributed by atoms with E-state index in [2.05, 4.69) is 15.5 Å². The van der Waals surface area contributed by atoms with E-state index in [1.807, 2.05) is 30.3 Å². The maximum Gasteiger partial charge on any atom is 0.184 e. The molecular weight excluding hydrogens is 399 g/mol. The fraction of sp³-hybridized carbons (Fsp3) is 0.0870. The standard InChI is InChI=1S/C23H17FN4O3/c1-13(29)22-23(27-28(26-22)15-9-7-14(24)8-10-15)25-18-12-20-17(11-21(18)30-2)16-5-3-4-6-19(16)31-20/h3-12H,1-2H3,(H,25,27). The van der Waals surface area contributed by atoms with Crippen molar-refractivity contribution in [2.24, 2.45) is 0 Å². The van der Waals surface area contributed by atoms with Crippen LogP contribution in [0.15, 0.2) is 65.1 Å². The van der Waals surface area contributed by atoms with E-state index in [9.17, 15) is 9.18 Å². The summed E-state index contributed by atoms with van der Waals surface area (Å²) >= 11 is 0. The number of halogens is 1. The number of methoxy groups -OCH3 is 1. The van der Waals surface area contributed by atoms with Gasteiger partial charge in [-0.05, 0) is 36.4 Å². The molecule has 0 bridgehead atoms. The summed E-state index contributed by atoms with van der Waals surface area (Å²) in [7, 11) is 1.57. The van der Waals surface area contributed by atoms with Gasteiger partial charge in [-0.15, -0.1) is 15.0 Å². The Balaban J connectivity index is 1.60. The second kappa shape index (κ2) is 7.24. The van der Waals surface area contributed by atoms with Gasteiger partial charge in [-0.3, -0.25) is 4.79 Å². The zero-order valence-electron chi connectivity index (χ0n) is 16.7. The number of rotatable bonds is 5. The second-order valence-electron chi connectivity index (χ2n) is 6.99. The lowest BCUT2D eigenvalue weighted by molar-refractivity contribution is 0.101. The average Bonchev–Trinajstić information content (AvgIpc) is 3.35. The molecule has 31 heavy (non-hydrogen) atoms. The van der Waals surface area contributed by atoms with Crippen LogP contribution in [0, 0.1) is 5.82 Å². The average molecular weight is 416 g/mol. The molecule has 0 unspecified atom stereocenters. The third-order valence-electron chi connectivity index (χ3n) is 4.96. The lowest BCUT2D eigenvalue weighted by Gasteiger charge is -2.10. The van der Waals surface area contributed by atoms with Crippen LogP contribution >= 0.6 is 0 Å². The van der Waals surface area contributed by atoms with Crippen LogP contribution < -0.4 is 10.1 Å². The molecular formula is C23H17FN4O3. The third-order valence-corrected chi connectivity index (χ3v) is 4.96. The van der Waals surface area contributed by atoms with Crippen LogP contribution in [-0.2, 0) is 0 Å².